The molecule has 0 saturated heterocycles. The third-order valence-corrected chi connectivity index (χ3v) is 3.40. The molecule has 3 nitrogen and oxygen atoms in total. The molecular weight excluding hydrogens is 339 g/mol. The second-order valence-corrected chi connectivity index (χ2v) is 5.65. The summed E-state index contributed by atoms with van der Waals surface area (Å²) in [7, 11) is 0. The number of aliphatic carboxylic acids is 1. The first-order chi connectivity index (χ1) is 9.12. The summed E-state index contributed by atoms with van der Waals surface area (Å²) in [5.74, 6) is -1.18. The number of alkyl halides is 3. The van der Waals surface area contributed by atoms with Crippen molar-refractivity contribution in [3.8, 4) is 0 Å². The summed E-state index contributed by atoms with van der Waals surface area (Å²) in [5.41, 5.74) is -0.885. The largest absolute Gasteiger partial charge is 0.480 e. The maximum absolute atomic E-state index is 12.1. The SMILES string of the molecule is CC(CCCC(F)(F)F)(Nc1ccc(Br)cc1)C(=O)O. The summed E-state index contributed by atoms with van der Waals surface area (Å²) >= 11 is 3.25. The molecule has 2 N–H and O–H groups in total. The van der Waals surface area contributed by atoms with Gasteiger partial charge in [0.25, 0.3) is 0 Å². The topological polar surface area (TPSA) is 49.3 Å². The summed E-state index contributed by atoms with van der Waals surface area (Å²) in [4.78, 5) is 11.3. The summed E-state index contributed by atoms with van der Waals surface area (Å²) in [6, 6.07) is 6.77. The van der Waals surface area contributed by atoms with Gasteiger partial charge in [-0.2, -0.15) is 13.2 Å². The molecule has 0 aliphatic heterocycles. The first-order valence-electron chi connectivity index (χ1n) is 5.96. The first kappa shape index (κ1) is 16.8. The van der Waals surface area contributed by atoms with E-state index in [-0.39, 0.29) is 12.8 Å². The Bertz CT molecular complexity index is 462. The van der Waals surface area contributed by atoms with Gasteiger partial charge in [-0.15, -0.1) is 0 Å². The number of nitrogens with one attached hydrogen (secondary N) is 1. The Balaban J connectivity index is 2.71. The minimum Gasteiger partial charge on any atom is -0.480 e. The van der Waals surface area contributed by atoms with E-state index in [2.05, 4.69) is 21.2 Å². The normalized spacial score (nSPS) is 14.7. The van der Waals surface area contributed by atoms with Gasteiger partial charge in [0.05, 0.1) is 0 Å². The Morgan fingerprint density at radius 2 is 1.80 bits per heavy atom. The Morgan fingerprint density at radius 1 is 1.25 bits per heavy atom. The van der Waals surface area contributed by atoms with Crippen molar-refractivity contribution < 1.29 is 23.1 Å². The van der Waals surface area contributed by atoms with Gasteiger partial charge < -0.3 is 10.4 Å². The maximum atomic E-state index is 12.1. The predicted octanol–water partition coefficient (Wildman–Crippen LogP) is 4.44. The third-order valence-electron chi connectivity index (χ3n) is 2.87. The van der Waals surface area contributed by atoms with E-state index >= 15 is 0 Å². The Labute approximate surface area is 123 Å². The molecule has 0 saturated carbocycles. The maximum Gasteiger partial charge on any atom is 0.389 e. The van der Waals surface area contributed by atoms with Crippen LogP contribution in [0.4, 0.5) is 18.9 Å². The molecule has 1 unspecified atom stereocenters. The highest BCUT2D eigenvalue weighted by atomic mass is 79.9. The molecule has 0 spiro atoms. The average Bonchev–Trinajstić information content (AvgIpc) is 2.30. The second kappa shape index (κ2) is 6.47. The first-order valence-corrected chi connectivity index (χ1v) is 6.76. The quantitative estimate of drug-likeness (QED) is 0.794. The van der Waals surface area contributed by atoms with Gasteiger partial charge in [-0.25, -0.2) is 4.79 Å². The van der Waals surface area contributed by atoms with E-state index in [1.165, 1.54) is 6.92 Å². The van der Waals surface area contributed by atoms with Gasteiger partial charge in [-0.3, -0.25) is 0 Å². The van der Waals surface area contributed by atoms with Gasteiger partial charge in [0.2, 0.25) is 0 Å². The van der Waals surface area contributed by atoms with Crippen LogP contribution in [0.1, 0.15) is 26.2 Å². The molecule has 7 heteroatoms. The van der Waals surface area contributed by atoms with Crippen LogP contribution in [0.5, 0.6) is 0 Å². The highest BCUT2D eigenvalue weighted by Crippen LogP contribution is 2.27. The minimum absolute atomic E-state index is 0.113. The summed E-state index contributed by atoms with van der Waals surface area (Å²) in [6.45, 7) is 1.38. The summed E-state index contributed by atoms with van der Waals surface area (Å²) in [6.07, 6.45) is -5.61. The minimum atomic E-state index is -4.27. The third kappa shape index (κ3) is 5.40. The van der Waals surface area contributed by atoms with E-state index in [1.807, 2.05) is 0 Å². The van der Waals surface area contributed by atoms with Gasteiger partial charge >= 0.3 is 12.1 Å². The van der Waals surface area contributed by atoms with Crippen LogP contribution in [0.25, 0.3) is 0 Å². The number of halogens is 4. The predicted molar refractivity (Wildman–Crippen MR) is 73.7 cm³/mol. The van der Waals surface area contributed by atoms with Crippen LogP contribution in [0.2, 0.25) is 0 Å². The van der Waals surface area contributed by atoms with Crippen molar-refractivity contribution in [1.29, 1.82) is 0 Å². The smallest absolute Gasteiger partial charge is 0.389 e. The molecule has 0 bridgehead atoms. The van der Waals surface area contributed by atoms with E-state index in [0.29, 0.717) is 5.69 Å². The lowest BCUT2D eigenvalue weighted by atomic mass is 9.94. The molecule has 0 fully saturated rings. The van der Waals surface area contributed by atoms with Crippen molar-refractivity contribution in [3.63, 3.8) is 0 Å². The van der Waals surface area contributed by atoms with Gasteiger partial charge in [0, 0.05) is 16.6 Å². The molecule has 1 aromatic carbocycles. The van der Waals surface area contributed by atoms with E-state index in [1.54, 1.807) is 24.3 Å². The zero-order chi connectivity index (χ0) is 15.4. The number of hydrogen-bond donors (Lipinski definition) is 2. The standard InChI is InChI=1S/C13H15BrF3NO2/c1-12(11(19)20,7-2-8-13(15,16)17)18-10-5-3-9(14)4-6-10/h3-6,18H,2,7-8H2,1H3,(H,19,20). The van der Waals surface area contributed by atoms with E-state index < -0.39 is 24.1 Å². The van der Waals surface area contributed by atoms with Gasteiger partial charge in [0.1, 0.15) is 5.54 Å². The molecule has 0 radical (unpaired) electrons. The van der Waals surface area contributed by atoms with Crippen molar-refractivity contribution in [2.45, 2.75) is 37.9 Å². The van der Waals surface area contributed by atoms with Gasteiger partial charge in [-0.1, -0.05) is 15.9 Å². The van der Waals surface area contributed by atoms with Crippen LogP contribution < -0.4 is 5.32 Å². The van der Waals surface area contributed by atoms with Crippen LogP contribution in [-0.2, 0) is 4.79 Å². The second-order valence-electron chi connectivity index (χ2n) is 4.74. The fourth-order valence-electron chi connectivity index (χ4n) is 1.72. The van der Waals surface area contributed by atoms with Crippen molar-refractivity contribution in [1.82, 2.24) is 0 Å². The molecule has 0 heterocycles. The van der Waals surface area contributed by atoms with E-state index in [0.717, 1.165) is 4.47 Å². The summed E-state index contributed by atoms with van der Waals surface area (Å²) in [5, 5.41) is 12.0. The average molecular weight is 354 g/mol. The molecule has 1 rings (SSSR count). The Kier molecular flexibility index (Phi) is 5.44. The number of rotatable bonds is 6. The number of carbonyl (C=O) groups is 1. The molecular formula is C13H15BrF3NO2. The number of carboxylic acids is 1. The van der Waals surface area contributed by atoms with Crippen LogP contribution >= 0.6 is 15.9 Å². The van der Waals surface area contributed by atoms with E-state index in [9.17, 15) is 23.1 Å². The van der Waals surface area contributed by atoms with Crippen molar-refractivity contribution in [2.24, 2.45) is 0 Å². The van der Waals surface area contributed by atoms with E-state index in [4.69, 9.17) is 0 Å². The highest BCUT2D eigenvalue weighted by Gasteiger charge is 2.35. The fourth-order valence-corrected chi connectivity index (χ4v) is 1.98. The number of hydrogen-bond acceptors (Lipinski definition) is 2. The van der Waals surface area contributed by atoms with Crippen LogP contribution in [0.3, 0.4) is 0 Å². The number of benzene rings is 1. The van der Waals surface area contributed by atoms with Crippen LogP contribution in [-0.4, -0.2) is 22.8 Å². The lowest BCUT2D eigenvalue weighted by Gasteiger charge is -2.27. The number of anilines is 1. The van der Waals surface area contributed by atoms with Crippen molar-refractivity contribution >= 4 is 27.6 Å². The van der Waals surface area contributed by atoms with Crippen molar-refractivity contribution in [2.75, 3.05) is 5.32 Å². The zero-order valence-electron chi connectivity index (χ0n) is 10.8. The molecule has 0 aliphatic carbocycles. The van der Waals surface area contributed by atoms with Crippen LogP contribution in [0, 0.1) is 0 Å². The highest BCUT2D eigenvalue weighted by molar-refractivity contribution is 9.10. The zero-order valence-corrected chi connectivity index (χ0v) is 12.4. The Morgan fingerprint density at radius 3 is 2.25 bits per heavy atom. The lowest BCUT2D eigenvalue weighted by Crippen LogP contribution is -2.43. The van der Waals surface area contributed by atoms with Crippen LogP contribution in [0.15, 0.2) is 28.7 Å². The molecule has 1 aromatic rings. The Hall–Kier alpha value is -1.24. The molecule has 0 aromatic heterocycles. The molecule has 20 heavy (non-hydrogen) atoms. The van der Waals surface area contributed by atoms with Gasteiger partial charge in [0.15, 0.2) is 0 Å². The van der Waals surface area contributed by atoms with Gasteiger partial charge in [-0.05, 0) is 44.0 Å². The monoisotopic (exact) mass is 353 g/mol. The molecule has 112 valence electrons. The van der Waals surface area contributed by atoms with Crippen molar-refractivity contribution in [3.05, 3.63) is 28.7 Å². The molecule has 0 amide bonds. The molecule has 1 atom stereocenters. The molecule has 0 aliphatic rings. The number of carboxylic acid groups (broad SMARTS) is 1. The lowest BCUT2D eigenvalue weighted by molar-refractivity contribution is -0.145. The fraction of sp³-hybridized carbons (Fsp3) is 0.462. The summed E-state index contributed by atoms with van der Waals surface area (Å²) < 4.78 is 37.2.